The molecule has 0 spiro atoms. The summed E-state index contributed by atoms with van der Waals surface area (Å²) in [5.74, 6) is 0.740. The normalized spacial score (nSPS) is 10.0. The van der Waals surface area contributed by atoms with Crippen LogP contribution in [0.25, 0.3) is 0 Å². The lowest BCUT2D eigenvalue weighted by Crippen LogP contribution is -1.90. The maximum atomic E-state index is 8.84. The van der Waals surface area contributed by atoms with Gasteiger partial charge in [-0.25, -0.2) is 0 Å². The molecule has 2 aromatic carbocycles. The van der Waals surface area contributed by atoms with Gasteiger partial charge in [0.05, 0.1) is 16.7 Å². The van der Waals surface area contributed by atoms with Crippen molar-refractivity contribution >= 4 is 29.1 Å². The fraction of sp³-hybridized carbons (Fsp3) is 0.0714. The van der Waals surface area contributed by atoms with Gasteiger partial charge < -0.3 is 5.73 Å². The second-order valence-corrected chi connectivity index (χ2v) is 5.15. The van der Waals surface area contributed by atoms with Crippen molar-refractivity contribution in [3.8, 4) is 6.07 Å². The van der Waals surface area contributed by atoms with Crippen LogP contribution in [0.3, 0.4) is 0 Å². The van der Waals surface area contributed by atoms with Crippen molar-refractivity contribution in [3.05, 3.63) is 58.6 Å². The molecule has 0 aromatic heterocycles. The van der Waals surface area contributed by atoms with E-state index in [0.29, 0.717) is 16.3 Å². The Morgan fingerprint density at radius 3 is 2.72 bits per heavy atom. The van der Waals surface area contributed by atoms with E-state index in [1.807, 2.05) is 36.4 Å². The highest BCUT2D eigenvalue weighted by molar-refractivity contribution is 7.98. The highest BCUT2D eigenvalue weighted by atomic mass is 35.5. The fourth-order valence-electron chi connectivity index (χ4n) is 1.56. The largest absolute Gasteiger partial charge is 0.398 e. The smallest absolute Gasteiger partial charge is 0.0991 e. The van der Waals surface area contributed by atoms with Crippen LogP contribution in [0.5, 0.6) is 0 Å². The second kappa shape index (κ2) is 5.81. The van der Waals surface area contributed by atoms with Gasteiger partial charge in [-0.3, -0.25) is 0 Å². The lowest BCUT2D eigenvalue weighted by atomic mass is 10.2. The van der Waals surface area contributed by atoms with Gasteiger partial charge in [-0.15, -0.1) is 11.8 Å². The van der Waals surface area contributed by atoms with Gasteiger partial charge >= 0.3 is 0 Å². The molecule has 0 atom stereocenters. The predicted molar refractivity (Wildman–Crippen MR) is 76.6 cm³/mol. The van der Waals surface area contributed by atoms with E-state index >= 15 is 0 Å². The van der Waals surface area contributed by atoms with E-state index in [0.717, 1.165) is 16.2 Å². The summed E-state index contributed by atoms with van der Waals surface area (Å²) in [5.41, 5.74) is 8.32. The summed E-state index contributed by atoms with van der Waals surface area (Å²) in [4.78, 5) is 0.890. The lowest BCUT2D eigenvalue weighted by molar-refractivity contribution is 1.36. The lowest BCUT2D eigenvalue weighted by Gasteiger charge is -2.07. The highest BCUT2D eigenvalue weighted by Gasteiger charge is 2.05. The average Bonchev–Trinajstić information content (AvgIpc) is 2.38. The van der Waals surface area contributed by atoms with Gasteiger partial charge in [0.15, 0.2) is 0 Å². The Kier molecular flexibility index (Phi) is 4.14. The van der Waals surface area contributed by atoms with Gasteiger partial charge in [0.25, 0.3) is 0 Å². The molecule has 90 valence electrons. The fourth-order valence-corrected chi connectivity index (χ4v) is 2.84. The molecule has 18 heavy (non-hydrogen) atoms. The minimum atomic E-state index is 0.663. The summed E-state index contributed by atoms with van der Waals surface area (Å²) in [6.45, 7) is 0. The van der Waals surface area contributed by atoms with Crippen LogP contribution in [0.4, 0.5) is 5.69 Å². The van der Waals surface area contributed by atoms with Gasteiger partial charge in [0.2, 0.25) is 0 Å². The molecule has 0 saturated carbocycles. The van der Waals surface area contributed by atoms with E-state index in [4.69, 9.17) is 22.6 Å². The summed E-state index contributed by atoms with van der Waals surface area (Å²) in [6.07, 6.45) is 0. The number of halogens is 1. The van der Waals surface area contributed by atoms with Crippen molar-refractivity contribution in [2.75, 3.05) is 5.73 Å². The number of benzene rings is 2. The Bertz CT molecular complexity index is 585. The van der Waals surface area contributed by atoms with Crippen LogP contribution < -0.4 is 5.73 Å². The number of nitrogens with zero attached hydrogens (tertiary/aromatic N) is 1. The Morgan fingerprint density at radius 2 is 2.00 bits per heavy atom. The first kappa shape index (κ1) is 12.8. The molecule has 0 unspecified atom stereocenters. The molecular formula is C14H11ClN2S. The summed E-state index contributed by atoms with van der Waals surface area (Å²) in [5, 5.41) is 9.50. The van der Waals surface area contributed by atoms with Gasteiger partial charge in [-0.2, -0.15) is 5.26 Å². The topological polar surface area (TPSA) is 49.8 Å². The molecule has 0 aliphatic carbocycles. The first-order valence-electron chi connectivity index (χ1n) is 5.36. The van der Waals surface area contributed by atoms with Gasteiger partial charge in [-0.05, 0) is 29.8 Å². The average molecular weight is 275 g/mol. The Labute approximate surface area is 115 Å². The van der Waals surface area contributed by atoms with Crippen LogP contribution in [-0.2, 0) is 5.75 Å². The van der Waals surface area contributed by atoms with Crippen LogP contribution in [0.15, 0.2) is 47.4 Å². The van der Waals surface area contributed by atoms with Gasteiger partial charge in [0, 0.05) is 16.3 Å². The molecular weight excluding hydrogens is 264 g/mol. The molecule has 4 heteroatoms. The monoisotopic (exact) mass is 274 g/mol. The van der Waals surface area contributed by atoms with Crippen molar-refractivity contribution < 1.29 is 0 Å². The predicted octanol–water partition coefficient (Wildman–Crippen LogP) is 4.09. The quantitative estimate of drug-likeness (QED) is 0.677. The second-order valence-electron chi connectivity index (χ2n) is 3.76. The van der Waals surface area contributed by atoms with Crippen molar-refractivity contribution in [1.29, 1.82) is 5.26 Å². The summed E-state index contributed by atoms with van der Waals surface area (Å²) in [7, 11) is 0. The molecule has 2 aromatic rings. The molecule has 2 N–H and O–H groups in total. The Morgan fingerprint density at radius 1 is 1.22 bits per heavy atom. The number of nitriles is 1. The van der Waals surface area contributed by atoms with E-state index in [1.54, 1.807) is 17.8 Å². The molecule has 0 heterocycles. The molecule has 2 nitrogen and oxygen atoms in total. The van der Waals surface area contributed by atoms with E-state index in [1.165, 1.54) is 0 Å². The van der Waals surface area contributed by atoms with E-state index in [-0.39, 0.29) is 0 Å². The number of thioether (sulfide) groups is 1. The summed E-state index contributed by atoms with van der Waals surface area (Å²) < 4.78 is 0. The van der Waals surface area contributed by atoms with E-state index in [9.17, 15) is 0 Å². The zero-order chi connectivity index (χ0) is 13.0. The highest BCUT2D eigenvalue weighted by Crippen LogP contribution is 2.34. The molecule has 0 bridgehead atoms. The van der Waals surface area contributed by atoms with E-state index in [2.05, 4.69) is 6.07 Å². The standard InChI is InChI=1S/C14H11ClN2S/c15-12-5-2-6-13(17)14(12)18-9-11-4-1-3-10(7-11)8-16/h1-7H,9,17H2. The molecule has 0 saturated heterocycles. The Hall–Kier alpha value is -1.63. The molecule has 0 amide bonds. The summed E-state index contributed by atoms with van der Waals surface area (Å²) in [6, 6.07) is 15.1. The molecule has 0 aliphatic heterocycles. The SMILES string of the molecule is N#Cc1cccc(CSc2c(N)cccc2Cl)c1. The summed E-state index contributed by atoms with van der Waals surface area (Å²) >= 11 is 7.68. The first-order valence-corrected chi connectivity index (χ1v) is 6.73. The van der Waals surface area contributed by atoms with Crippen molar-refractivity contribution in [3.63, 3.8) is 0 Å². The number of hydrogen-bond donors (Lipinski definition) is 1. The first-order chi connectivity index (χ1) is 8.70. The number of anilines is 1. The Balaban J connectivity index is 2.14. The van der Waals surface area contributed by atoms with Crippen LogP contribution >= 0.6 is 23.4 Å². The number of nitrogen functional groups attached to an aromatic ring is 1. The van der Waals surface area contributed by atoms with Gasteiger partial charge in [-0.1, -0.05) is 29.8 Å². The van der Waals surface area contributed by atoms with Gasteiger partial charge in [0.1, 0.15) is 0 Å². The zero-order valence-electron chi connectivity index (χ0n) is 9.56. The van der Waals surface area contributed by atoms with Crippen LogP contribution in [-0.4, -0.2) is 0 Å². The zero-order valence-corrected chi connectivity index (χ0v) is 11.1. The molecule has 2 rings (SSSR count). The molecule has 0 fully saturated rings. The number of nitrogens with two attached hydrogens (primary N) is 1. The van der Waals surface area contributed by atoms with E-state index < -0.39 is 0 Å². The number of rotatable bonds is 3. The number of hydrogen-bond acceptors (Lipinski definition) is 3. The minimum Gasteiger partial charge on any atom is -0.398 e. The van der Waals surface area contributed by atoms with Crippen molar-refractivity contribution in [2.24, 2.45) is 0 Å². The third-order valence-electron chi connectivity index (χ3n) is 2.44. The minimum absolute atomic E-state index is 0.663. The molecule has 0 aliphatic rings. The maximum absolute atomic E-state index is 8.84. The van der Waals surface area contributed by atoms with Crippen LogP contribution in [0, 0.1) is 11.3 Å². The van der Waals surface area contributed by atoms with Crippen molar-refractivity contribution in [2.45, 2.75) is 10.6 Å². The maximum Gasteiger partial charge on any atom is 0.0991 e. The van der Waals surface area contributed by atoms with Crippen molar-refractivity contribution in [1.82, 2.24) is 0 Å². The molecule has 0 radical (unpaired) electrons. The third-order valence-corrected chi connectivity index (χ3v) is 4.09. The third kappa shape index (κ3) is 2.98. The van der Waals surface area contributed by atoms with Crippen LogP contribution in [0.2, 0.25) is 5.02 Å². The van der Waals surface area contributed by atoms with Crippen LogP contribution in [0.1, 0.15) is 11.1 Å².